The van der Waals surface area contributed by atoms with E-state index >= 15 is 0 Å². The second-order valence-corrected chi connectivity index (χ2v) is 14.6. The summed E-state index contributed by atoms with van der Waals surface area (Å²) in [5, 5.41) is 6.06. The van der Waals surface area contributed by atoms with Crippen molar-refractivity contribution in [1.82, 2.24) is 0 Å². The predicted molar refractivity (Wildman–Crippen MR) is 146 cm³/mol. The van der Waals surface area contributed by atoms with E-state index in [0.29, 0.717) is 37.1 Å². The molecule has 0 aromatic heterocycles. The Hall–Kier alpha value is -1.54. The quantitative estimate of drug-likeness (QED) is 0.411. The molecule has 36 heavy (non-hydrogen) atoms. The Balaban J connectivity index is 1.34. The lowest BCUT2D eigenvalue weighted by molar-refractivity contribution is -0.131. The number of carbonyl (C=O) groups is 4. The highest BCUT2D eigenvalue weighted by Crippen LogP contribution is 2.73. The summed E-state index contributed by atoms with van der Waals surface area (Å²) < 4.78 is 0. The second-order valence-electron chi connectivity index (χ2n) is 12.8. The van der Waals surface area contributed by atoms with E-state index in [1.165, 1.54) is 0 Å². The van der Waals surface area contributed by atoms with Gasteiger partial charge in [0.2, 0.25) is 11.8 Å². The van der Waals surface area contributed by atoms with Gasteiger partial charge in [-0.25, -0.2) is 0 Å². The first-order valence-electron chi connectivity index (χ1n) is 12.6. The number of amides is 2. The van der Waals surface area contributed by atoms with Crippen LogP contribution in [0.15, 0.2) is 24.3 Å². The number of rotatable bonds is 4. The Kier molecular flexibility index (Phi) is 5.45. The maximum Gasteiger partial charge on any atom is 0.232 e. The summed E-state index contributed by atoms with van der Waals surface area (Å²) >= 11 is 7.13. The van der Waals surface area contributed by atoms with Gasteiger partial charge in [0.1, 0.15) is 0 Å². The van der Waals surface area contributed by atoms with Crippen LogP contribution in [0.3, 0.4) is 0 Å². The standard InChI is InChI=1S/C28H34Br2N2O4/c1-23(2)25(5)11-13-27(23,17(29)19(25)33)21(35)31-15-7-9-16(10-8-15)32-22(36)28-14-12-26(6,24(28,3)4)20(34)18(28)30/h7-10,17-18H,11-14H2,1-6H3,(H,31,35)(H,32,36). The molecule has 6 nitrogen and oxygen atoms in total. The maximum absolute atomic E-state index is 13.6. The Bertz CT molecular complexity index is 1120. The number of anilines is 2. The molecule has 6 atom stereocenters. The zero-order valence-corrected chi connectivity index (χ0v) is 24.9. The van der Waals surface area contributed by atoms with E-state index in [1.54, 1.807) is 24.3 Å². The van der Waals surface area contributed by atoms with E-state index < -0.39 is 42.1 Å². The van der Waals surface area contributed by atoms with Crippen molar-refractivity contribution in [2.24, 2.45) is 32.5 Å². The van der Waals surface area contributed by atoms with Crippen LogP contribution in [0.5, 0.6) is 0 Å². The summed E-state index contributed by atoms with van der Waals surface area (Å²) in [6.45, 7) is 12.1. The van der Waals surface area contributed by atoms with Gasteiger partial charge in [-0.1, -0.05) is 73.4 Å². The molecule has 1 aromatic rings. The molecular weight excluding hydrogens is 588 g/mol. The fraction of sp³-hybridized carbons (Fsp3) is 0.643. The maximum atomic E-state index is 13.6. The van der Waals surface area contributed by atoms with Crippen molar-refractivity contribution in [2.45, 2.75) is 76.9 Å². The molecule has 4 aliphatic rings. The molecule has 1 aromatic carbocycles. The number of fused-ring (bicyclic) bond motifs is 4. The van der Waals surface area contributed by atoms with Crippen molar-refractivity contribution in [3.8, 4) is 0 Å². The number of nitrogens with one attached hydrogen (secondary N) is 2. The van der Waals surface area contributed by atoms with E-state index in [0.717, 1.165) is 0 Å². The fourth-order valence-electron chi connectivity index (χ4n) is 8.03. The molecular formula is C28H34Br2N2O4. The lowest BCUT2D eigenvalue weighted by atomic mass is 9.64. The zero-order valence-electron chi connectivity index (χ0n) is 21.7. The number of carbonyl (C=O) groups excluding carboxylic acids is 4. The van der Waals surface area contributed by atoms with Gasteiger partial charge in [0.15, 0.2) is 11.6 Å². The SMILES string of the molecule is CC12CCC(C(=O)Nc3ccc(NC(=O)C45CCC(C)(C(=O)C4Br)C5(C)C)cc3)(C(Br)C1=O)C2(C)C. The summed E-state index contributed by atoms with van der Waals surface area (Å²) in [7, 11) is 0. The number of benzene rings is 1. The van der Waals surface area contributed by atoms with Gasteiger partial charge >= 0.3 is 0 Å². The molecule has 0 spiro atoms. The van der Waals surface area contributed by atoms with E-state index in [4.69, 9.17) is 0 Å². The van der Waals surface area contributed by atoms with Gasteiger partial charge in [0.25, 0.3) is 0 Å². The van der Waals surface area contributed by atoms with Crippen LogP contribution in [-0.2, 0) is 19.2 Å². The first-order valence-corrected chi connectivity index (χ1v) is 14.5. The van der Waals surface area contributed by atoms with Crippen LogP contribution in [0.25, 0.3) is 0 Å². The zero-order chi connectivity index (χ0) is 26.7. The average molecular weight is 622 g/mol. The van der Waals surface area contributed by atoms with Crippen molar-refractivity contribution in [3.05, 3.63) is 24.3 Å². The molecule has 4 aliphatic carbocycles. The summed E-state index contributed by atoms with van der Waals surface area (Å²) in [5.74, 6) is -0.100. The highest BCUT2D eigenvalue weighted by molar-refractivity contribution is 9.10. The van der Waals surface area contributed by atoms with Gasteiger partial charge in [-0.3, -0.25) is 19.2 Å². The molecule has 2 N–H and O–H groups in total. The topological polar surface area (TPSA) is 92.3 Å². The number of halogens is 2. The highest BCUT2D eigenvalue weighted by atomic mass is 79.9. The largest absolute Gasteiger partial charge is 0.326 e. The summed E-state index contributed by atoms with van der Waals surface area (Å²) in [4.78, 5) is 52.2. The summed E-state index contributed by atoms with van der Waals surface area (Å²) in [6.07, 6.45) is 2.71. The minimum absolute atomic E-state index is 0.104. The summed E-state index contributed by atoms with van der Waals surface area (Å²) in [6, 6.07) is 7.05. The predicted octanol–water partition coefficient (Wildman–Crippen LogP) is 5.88. The van der Waals surface area contributed by atoms with Gasteiger partial charge in [0, 0.05) is 22.2 Å². The fourth-order valence-corrected chi connectivity index (χ4v) is 11.1. The van der Waals surface area contributed by atoms with E-state index in [-0.39, 0.29) is 23.4 Å². The minimum atomic E-state index is -0.814. The molecule has 0 heterocycles. The Morgan fingerprint density at radius 3 is 1.22 bits per heavy atom. The smallest absolute Gasteiger partial charge is 0.232 e. The molecule has 8 heteroatoms. The third-order valence-corrected chi connectivity index (χ3v) is 14.0. The molecule has 5 rings (SSSR count). The van der Waals surface area contributed by atoms with Crippen molar-refractivity contribution >= 4 is 66.6 Å². The molecule has 4 saturated carbocycles. The lowest BCUT2D eigenvalue weighted by Crippen LogP contribution is -2.48. The first kappa shape index (κ1) is 26.1. The van der Waals surface area contributed by atoms with Gasteiger partial charge in [-0.05, 0) is 60.8 Å². The average Bonchev–Trinajstić information content (AvgIpc) is 3.25. The Morgan fingerprint density at radius 2 is 0.972 bits per heavy atom. The lowest BCUT2D eigenvalue weighted by Gasteiger charge is -2.39. The number of ketones is 2. The third kappa shape index (κ3) is 2.63. The summed E-state index contributed by atoms with van der Waals surface area (Å²) in [5.41, 5.74) is -2.41. The van der Waals surface area contributed by atoms with Crippen molar-refractivity contribution in [1.29, 1.82) is 0 Å². The van der Waals surface area contributed by atoms with Crippen LogP contribution in [-0.4, -0.2) is 33.0 Å². The minimum Gasteiger partial charge on any atom is -0.326 e. The van der Waals surface area contributed by atoms with Crippen LogP contribution >= 0.6 is 31.9 Å². The normalized spacial score (nSPS) is 41.6. The second kappa shape index (κ2) is 7.52. The van der Waals surface area contributed by atoms with Crippen LogP contribution in [0.2, 0.25) is 0 Å². The van der Waals surface area contributed by atoms with Crippen LogP contribution < -0.4 is 10.6 Å². The van der Waals surface area contributed by atoms with Gasteiger partial charge in [0.05, 0.1) is 20.5 Å². The first-order chi connectivity index (χ1) is 16.5. The molecule has 194 valence electrons. The van der Waals surface area contributed by atoms with Gasteiger partial charge in [-0.15, -0.1) is 0 Å². The molecule has 6 unspecified atom stereocenters. The van der Waals surface area contributed by atoms with Crippen LogP contribution in [0.1, 0.15) is 67.2 Å². The number of alkyl halides is 2. The van der Waals surface area contributed by atoms with Crippen molar-refractivity contribution in [2.75, 3.05) is 10.6 Å². The number of hydrogen-bond donors (Lipinski definition) is 2. The Morgan fingerprint density at radius 1 is 0.667 bits per heavy atom. The van der Waals surface area contributed by atoms with E-state index in [9.17, 15) is 19.2 Å². The molecule has 0 saturated heterocycles. The van der Waals surface area contributed by atoms with E-state index in [2.05, 4.69) is 42.5 Å². The van der Waals surface area contributed by atoms with Crippen molar-refractivity contribution < 1.29 is 19.2 Å². The van der Waals surface area contributed by atoms with E-state index in [1.807, 2.05) is 41.5 Å². The monoisotopic (exact) mass is 620 g/mol. The molecule has 0 radical (unpaired) electrons. The van der Waals surface area contributed by atoms with Crippen LogP contribution in [0.4, 0.5) is 11.4 Å². The van der Waals surface area contributed by atoms with Gasteiger partial charge < -0.3 is 10.6 Å². The Labute approximate surface area is 229 Å². The third-order valence-electron chi connectivity index (χ3n) is 11.7. The van der Waals surface area contributed by atoms with Crippen molar-refractivity contribution in [3.63, 3.8) is 0 Å². The molecule has 4 fully saturated rings. The van der Waals surface area contributed by atoms with Crippen LogP contribution in [0, 0.1) is 32.5 Å². The van der Waals surface area contributed by atoms with Gasteiger partial charge in [-0.2, -0.15) is 0 Å². The molecule has 0 aliphatic heterocycles. The number of hydrogen-bond acceptors (Lipinski definition) is 4. The number of Topliss-reactive ketones (excluding diaryl/α,β-unsaturated/α-hetero) is 2. The highest BCUT2D eigenvalue weighted by Gasteiger charge is 2.77. The molecule has 4 bridgehead atoms. The molecule has 2 amide bonds.